The van der Waals surface area contributed by atoms with Crippen molar-refractivity contribution < 1.29 is 28.5 Å². The number of rotatable bonds is 7. The highest BCUT2D eigenvalue weighted by atomic mass is 32.1. The van der Waals surface area contributed by atoms with Crippen molar-refractivity contribution >= 4 is 41.6 Å². The summed E-state index contributed by atoms with van der Waals surface area (Å²) in [5.74, 6) is -0.506. The van der Waals surface area contributed by atoms with Crippen molar-refractivity contribution in [2.75, 3.05) is 0 Å². The number of ketones is 2. The van der Waals surface area contributed by atoms with Gasteiger partial charge < -0.3 is 14.4 Å². The lowest BCUT2D eigenvalue weighted by atomic mass is 10.1. The third-order valence-electron chi connectivity index (χ3n) is 3.70. The number of phosphoric acid groups is 1. The summed E-state index contributed by atoms with van der Waals surface area (Å²) in [4.78, 5) is 46.4. The number of carbonyl (C=O) groups is 2. The molecule has 0 amide bonds. The Bertz CT molecular complexity index is 1030. The molecule has 2 heterocycles. The van der Waals surface area contributed by atoms with E-state index in [1.807, 2.05) is 0 Å². The monoisotopic (exact) mass is 394 g/mol. The van der Waals surface area contributed by atoms with Gasteiger partial charge in [0, 0.05) is 23.4 Å². The highest BCUT2D eigenvalue weighted by molar-refractivity contribution is 7.46. The maximum Gasteiger partial charge on any atom is 0.471 e. The summed E-state index contributed by atoms with van der Waals surface area (Å²) in [7, 11) is -4.65. The van der Waals surface area contributed by atoms with Crippen LogP contribution in [0.3, 0.4) is 0 Å². The molecule has 0 spiro atoms. The number of nitrogens with zero attached hydrogens (tertiary/aromatic N) is 2. The first-order valence-corrected chi connectivity index (χ1v) is 10.0. The highest BCUT2D eigenvalue weighted by Gasteiger charge is 2.22. The van der Waals surface area contributed by atoms with Crippen molar-refractivity contribution in [2.24, 2.45) is 0 Å². The van der Waals surface area contributed by atoms with Crippen LogP contribution in [0.5, 0.6) is 0 Å². The Morgan fingerprint density at radius 1 is 1.31 bits per heavy atom. The molecular formula is C16H15N2O6PS. The van der Waals surface area contributed by atoms with Gasteiger partial charge in [0.2, 0.25) is 5.78 Å². The van der Waals surface area contributed by atoms with Crippen molar-refractivity contribution in [3.63, 3.8) is 0 Å². The largest absolute Gasteiger partial charge is 0.471 e. The maximum atomic E-state index is 12.8. The van der Waals surface area contributed by atoms with Gasteiger partial charge in [0.05, 0.1) is 11.1 Å². The molecular weight excluding hydrogens is 379 g/mol. The van der Waals surface area contributed by atoms with Gasteiger partial charge in [-0.2, -0.15) is 0 Å². The van der Waals surface area contributed by atoms with Crippen molar-refractivity contribution in [1.29, 1.82) is 0 Å². The highest BCUT2D eigenvalue weighted by Crippen LogP contribution is 2.37. The van der Waals surface area contributed by atoms with Crippen LogP contribution in [0.1, 0.15) is 39.2 Å². The average molecular weight is 394 g/mol. The molecule has 2 N–H and O–H groups in total. The molecule has 0 saturated heterocycles. The van der Waals surface area contributed by atoms with Crippen LogP contribution >= 0.6 is 19.2 Å². The Balaban J connectivity index is 1.99. The number of benzene rings is 1. The first-order chi connectivity index (χ1) is 12.3. The molecule has 0 unspecified atom stereocenters. The zero-order chi connectivity index (χ0) is 18.9. The number of hydrogen-bond acceptors (Lipinski definition) is 6. The molecule has 2 aromatic heterocycles. The minimum Gasteiger partial charge on any atom is -0.322 e. The molecule has 0 fully saturated rings. The number of hydrogen-bond donors (Lipinski definition) is 2. The van der Waals surface area contributed by atoms with E-state index in [2.05, 4.69) is 9.51 Å². The van der Waals surface area contributed by atoms with E-state index in [1.165, 1.54) is 10.8 Å². The van der Waals surface area contributed by atoms with Crippen molar-refractivity contribution in [3.05, 3.63) is 52.1 Å². The SMILES string of the molecule is CCC(=O)c1csc(C(=O)c2cn(COP(=O)(O)O)c3ccccc23)n1. The van der Waals surface area contributed by atoms with Crippen LogP contribution in [0.25, 0.3) is 10.9 Å². The van der Waals surface area contributed by atoms with E-state index in [-0.39, 0.29) is 22.3 Å². The predicted octanol–water partition coefficient (Wildman–Crippen LogP) is 2.99. The number of para-hydroxylation sites is 1. The molecule has 0 aliphatic heterocycles. The average Bonchev–Trinajstić information content (AvgIpc) is 3.23. The quantitative estimate of drug-likeness (QED) is 0.467. The molecule has 3 rings (SSSR count). The van der Waals surface area contributed by atoms with Crippen LogP contribution < -0.4 is 0 Å². The zero-order valence-corrected chi connectivity index (χ0v) is 15.4. The Labute approximate surface area is 152 Å². The molecule has 0 aliphatic rings. The number of carbonyl (C=O) groups excluding carboxylic acids is 2. The van der Waals surface area contributed by atoms with E-state index < -0.39 is 14.6 Å². The molecule has 1 aromatic carbocycles. The normalized spacial score (nSPS) is 11.8. The fraction of sp³-hybridized carbons (Fsp3) is 0.188. The van der Waals surface area contributed by atoms with Crippen LogP contribution in [0, 0.1) is 0 Å². The maximum absolute atomic E-state index is 12.8. The summed E-state index contributed by atoms with van der Waals surface area (Å²) < 4.78 is 16.9. The van der Waals surface area contributed by atoms with Crippen LogP contribution in [0.4, 0.5) is 0 Å². The molecule has 0 aliphatic carbocycles. The fourth-order valence-corrected chi connectivity index (χ4v) is 3.52. The third kappa shape index (κ3) is 3.82. The lowest BCUT2D eigenvalue weighted by Crippen LogP contribution is -2.03. The van der Waals surface area contributed by atoms with Gasteiger partial charge in [-0.15, -0.1) is 11.3 Å². The van der Waals surface area contributed by atoms with Crippen LogP contribution in [0.15, 0.2) is 35.8 Å². The van der Waals surface area contributed by atoms with Gasteiger partial charge in [-0.1, -0.05) is 25.1 Å². The van der Waals surface area contributed by atoms with E-state index in [4.69, 9.17) is 9.79 Å². The molecule has 26 heavy (non-hydrogen) atoms. The molecule has 8 nitrogen and oxygen atoms in total. The molecule has 3 aromatic rings. The third-order valence-corrected chi connectivity index (χ3v) is 5.00. The Kier molecular flexibility index (Phi) is 5.17. The van der Waals surface area contributed by atoms with Crippen LogP contribution in [-0.4, -0.2) is 30.9 Å². The van der Waals surface area contributed by atoms with Crippen molar-refractivity contribution in [2.45, 2.75) is 20.1 Å². The van der Waals surface area contributed by atoms with E-state index in [1.54, 1.807) is 36.6 Å². The van der Waals surface area contributed by atoms with Gasteiger partial charge in [-0.3, -0.25) is 14.1 Å². The van der Waals surface area contributed by atoms with Gasteiger partial charge in [-0.05, 0) is 6.07 Å². The molecule has 0 bridgehead atoms. The minimum absolute atomic E-state index is 0.141. The summed E-state index contributed by atoms with van der Waals surface area (Å²) in [5.41, 5.74) is 1.17. The second-order valence-electron chi connectivity index (χ2n) is 5.42. The molecule has 0 radical (unpaired) electrons. The van der Waals surface area contributed by atoms with E-state index >= 15 is 0 Å². The lowest BCUT2D eigenvalue weighted by molar-refractivity contribution is 0.0984. The summed E-state index contributed by atoms with van der Waals surface area (Å²) in [5, 5.41) is 2.33. The molecule has 0 saturated carbocycles. The lowest BCUT2D eigenvalue weighted by Gasteiger charge is -2.07. The first kappa shape index (κ1) is 18.6. The van der Waals surface area contributed by atoms with E-state index in [0.29, 0.717) is 22.9 Å². The number of Topliss-reactive ketones (excluding diaryl/α,β-unsaturated/α-hetero) is 1. The van der Waals surface area contributed by atoms with E-state index in [9.17, 15) is 14.2 Å². The number of thiazole rings is 1. The van der Waals surface area contributed by atoms with Gasteiger partial charge in [0.1, 0.15) is 12.4 Å². The number of aromatic nitrogens is 2. The Hall–Kier alpha value is -2.16. The number of phosphoric ester groups is 1. The van der Waals surface area contributed by atoms with Gasteiger partial charge >= 0.3 is 7.82 Å². The Morgan fingerprint density at radius 3 is 2.73 bits per heavy atom. The van der Waals surface area contributed by atoms with Crippen LogP contribution in [-0.2, 0) is 15.8 Å². The standard InChI is InChI=1S/C16H15N2O6PS/c1-2-14(19)12-8-26-16(17-12)15(20)11-7-18(9-24-25(21,22)23)13-6-4-3-5-10(11)13/h3-8H,2,9H2,1H3,(H2,21,22,23). The summed E-state index contributed by atoms with van der Waals surface area (Å²) in [6, 6.07) is 6.93. The minimum atomic E-state index is -4.65. The first-order valence-electron chi connectivity index (χ1n) is 7.61. The molecule has 0 atom stereocenters. The Morgan fingerprint density at radius 2 is 2.04 bits per heavy atom. The summed E-state index contributed by atoms with van der Waals surface area (Å²) in [6.07, 6.45) is 1.77. The smallest absolute Gasteiger partial charge is 0.322 e. The second kappa shape index (κ2) is 7.22. The van der Waals surface area contributed by atoms with Gasteiger partial charge in [0.15, 0.2) is 10.8 Å². The molecule has 10 heteroatoms. The van der Waals surface area contributed by atoms with E-state index in [0.717, 1.165) is 11.3 Å². The van der Waals surface area contributed by atoms with Crippen LogP contribution in [0.2, 0.25) is 0 Å². The summed E-state index contributed by atoms with van der Waals surface area (Å²) >= 11 is 1.09. The molecule has 136 valence electrons. The predicted molar refractivity (Wildman–Crippen MR) is 95.2 cm³/mol. The second-order valence-corrected chi connectivity index (χ2v) is 7.52. The van der Waals surface area contributed by atoms with Crippen molar-refractivity contribution in [3.8, 4) is 0 Å². The fourth-order valence-electron chi connectivity index (χ4n) is 2.47. The summed E-state index contributed by atoms with van der Waals surface area (Å²) in [6.45, 7) is 1.31. The van der Waals surface area contributed by atoms with Gasteiger partial charge in [0.25, 0.3) is 0 Å². The zero-order valence-electron chi connectivity index (χ0n) is 13.7. The number of fused-ring (bicyclic) bond motifs is 1. The van der Waals surface area contributed by atoms with Gasteiger partial charge in [-0.25, -0.2) is 9.55 Å². The topological polar surface area (TPSA) is 119 Å². The van der Waals surface area contributed by atoms with Crippen molar-refractivity contribution in [1.82, 2.24) is 9.55 Å².